The first kappa shape index (κ1) is 62.5. The van der Waals surface area contributed by atoms with E-state index in [1.54, 1.807) is 0 Å². The largest absolute Gasteiger partial charge is 0.466 e. The molecule has 0 aliphatic heterocycles. The number of ether oxygens (including phenoxy) is 1. The zero-order valence-electron chi connectivity index (χ0n) is 44.3. The minimum atomic E-state index is 0.0369. The summed E-state index contributed by atoms with van der Waals surface area (Å²) in [6.07, 6.45) is 80.2. The summed E-state index contributed by atoms with van der Waals surface area (Å²) in [7, 11) is 0. The van der Waals surface area contributed by atoms with Crippen LogP contribution < -0.4 is 0 Å². The Balaban J connectivity index is 3.14. The van der Waals surface area contributed by atoms with Crippen molar-refractivity contribution in [2.75, 3.05) is 6.61 Å². The SMILES string of the molecule is CCCCCCCCCCCCCCCCCCCCCCCCCCCCCCCCC(=O)OCCCCCCCCCCCCCCCCCCCCCCCCCCCC. The lowest BCUT2D eigenvalue weighted by atomic mass is 10.0. The van der Waals surface area contributed by atoms with Crippen LogP contribution in [0.5, 0.6) is 0 Å². The number of carbonyl (C=O) groups excluding carboxylic acids is 1. The van der Waals surface area contributed by atoms with E-state index in [9.17, 15) is 4.79 Å². The van der Waals surface area contributed by atoms with Gasteiger partial charge in [-0.15, -0.1) is 0 Å². The van der Waals surface area contributed by atoms with E-state index in [1.165, 1.54) is 347 Å². The Bertz CT molecular complexity index is 792. The molecule has 0 unspecified atom stereocenters. The molecule has 0 amide bonds. The molecule has 0 aromatic carbocycles. The van der Waals surface area contributed by atoms with Gasteiger partial charge in [-0.05, 0) is 12.8 Å². The molecule has 0 N–H and O–H groups in total. The molecular weight excluding hydrogens is 765 g/mol. The minimum absolute atomic E-state index is 0.0369. The summed E-state index contributed by atoms with van der Waals surface area (Å²) in [6, 6.07) is 0. The number of hydrogen-bond acceptors (Lipinski definition) is 2. The van der Waals surface area contributed by atoms with Crippen LogP contribution in [0.4, 0.5) is 0 Å². The Hall–Kier alpha value is -0.530. The van der Waals surface area contributed by atoms with Gasteiger partial charge < -0.3 is 4.74 Å². The quantitative estimate of drug-likeness (QED) is 0.0449. The molecule has 0 radical (unpaired) electrons. The highest BCUT2D eigenvalue weighted by Crippen LogP contribution is 2.19. The van der Waals surface area contributed by atoms with E-state index in [0.29, 0.717) is 13.0 Å². The highest BCUT2D eigenvalue weighted by molar-refractivity contribution is 5.69. The lowest BCUT2D eigenvalue weighted by Gasteiger charge is -2.06. The predicted molar refractivity (Wildman–Crippen MR) is 285 cm³/mol. The molecule has 63 heavy (non-hydrogen) atoms. The van der Waals surface area contributed by atoms with Gasteiger partial charge in [0.25, 0.3) is 0 Å². The third kappa shape index (κ3) is 59.5. The van der Waals surface area contributed by atoms with Gasteiger partial charge in [-0.2, -0.15) is 0 Å². The first-order chi connectivity index (χ1) is 31.3. The van der Waals surface area contributed by atoms with Crippen LogP contribution >= 0.6 is 0 Å². The van der Waals surface area contributed by atoms with Gasteiger partial charge in [0.15, 0.2) is 0 Å². The number of esters is 1. The maximum atomic E-state index is 12.1. The summed E-state index contributed by atoms with van der Waals surface area (Å²) in [5.74, 6) is 0.0369. The molecule has 2 nitrogen and oxygen atoms in total. The predicted octanol–water partition coefficient (Wildman–Crippen LogP) is 22.8. The van der Waals surface area contributed by atoms with Crippen molar-refractivity contribution in [3.8, 4) is 0 Å². The molecule has 0 rings (SSSR count). The van der Waals surface area contributed by atoms with E-state index >= 15 is 0 Å². The molecule has 0 saturated carbocycles. The van der Waals surface area contributed by atoms with Gasteiger partial charge in [-0.1, -0.05) is 361 Å². The third-order valence-corrected chi connectivity index (χ3v) is 14.5. The Morgan fingerprint density at radius 1 is 0.206 bits per heavy atom. The fraction of sp³-hybridized carbons (Fsp3) is 0.984. The first-order valence-electron chi connectivity index (χ1n) is 30.5. The van der Waals surface area contributed by atoms with Gasteiger partial charge in [0.2, 0.25) is 0 Å². The van der Waals surface area contributed by atoms with E-state index in [2.05, 4.69) is 13.8 Å². The number of rotatable bonds is 58. The summed E-state index contributed by atoms with van der Waals surface area (Å²) in [4.78, 5) is 12.1. The standard InChI is InChI=1S/C61H122O2/c1-3-5-7-9-11-13-15-17-19-21-23-25-27-29-31-32-33-34-35-37-39-41-43-45-47-49-51-53-55-57-59-61(62)63-60-58-56-54-52-50-48-46-44-42-40-38-36-30-28-26-24-22-20-18-16-14-12-10-8-6-4-2/h3-60H2,1-2H3. The fourth-order valence-electron chi connectivity index (χ4n) is 9.97. The van der Waals surface area contributed by atoms with E-state index in [1.807, 2.05) is 0 Å². The van der Waals surface area contributed by atoms with Gasteiger partial charge in [-0.25, -0.2) is 0 Å². The van der Waals surface area contributed by atoms with Crippen LogP contribution in [0, 0.1) is 0 Å². The molecule has 2 heteroatoms. The Morgan fingerprint density at radius 2 is 0.349 bits per heavy atom. The van der Waals surface area contributed by atoms with Crippen molar-refractivity contribution in [1.29, 1.82) is 0 Å². The molecule has 0 heterocycles. The Kier molecular flexibility index (Phi) is 59.0. The number of carbonyl (C=O) groups is 1. The maximum Gasteiger partial charge on any atom is 0.305 e. The lowest BCUT2D eigenvalue weighted by molar-refractivity contribution is -0.143. The fourth-order valence-corrected chi connectivity index (χ4v) is 9.97. The van der Waals surface area contributed by atoms with E-state index < -0.39 is 0 Å². The average molecular weight is 888 g/mol. The summed E-state index contributed by atoms with van der Waals surface area (Å²) < 4.78 is 5.52. The van der Waals surface area contributed by atoms with Crippen LogP contribution in [-0.2, 0) is 9.53 Å². The van der Waals surface area contributed by atoms with Crippen molar-refractivity contribution >= 4 is 5.97 Å². The van der Waals surface area contributed by atoms with E-state index in [0.717, 1.165) is 12.8 Å². The Morgan fingerprint density at radius 3 is 0.524 bits per heavy atom. The highest BCUT2D eigenvalue weighted by atomic mass is 16.5. The Labute approximate surface area is 400 Å². The van der Waals surface area contributed by atoms with Crippen LogP contribution in [0.3, 0.4) is 0 Å². The second-order valence-electron chi connectivity index (χ2n) is 21.1. The second-order valence-corrected chi connectivity index (χ2v) is 21.1. The molecule has 0 spiro atoms. The molecule has 0 aliphatic carbocycles. The summed E-state index contributed by atoms with van der Waals surface area (Å²) >= 11 is 0. The van der Waals surface area contributed by atoms with Crippen molar-refractivity contribution in [2.45, 2.75) is 380 Å². The highest BCUT2D eigenvalue weighted by Gasteiger charge is 2.03. The summed E-state index contributed by atoms with van der Waals surface area (Å²) in [6.45, 7) is 5.25. The van der Waals surface area contributed by atoms with Crippen molar-refractivity contribution in [3.05, 3.63) is 0 Å². The molecule has 378 valence electrons. The van der Waals surface area contributed by atoms with Crippen LogP contribution in [0.2, 0.25) is 0 Å². The summed E-state index contributed by atoms with van der Waals surface area (Å²) in [5, 5.41) is 0. The molecule has 0 aromatic rings. The van der Waals surface area contributed by atoms with Gasteiger partial charge in [0.1, 0.15) is 0 Å². The average Bonchev–Trinajstić information content (AvgIpc) is 3.29. The third-order valence-electron chi connectivity index (χ3n) is 14.5. The summed E-state index contributed by atoms with van der Waals surface area (Å²) in [5.41, 5.74) is 0. The van der Waals surface area contributed by atoms with Crippen molar-refractivity contribution in [2.24, 2.45) is 0 Å². The smallest absolute Gasteiger partial charge is 0.305 e. The van der Waals surface area contributed by atoms with E-state index in [-0.39, 0.29) is 5.97 Å². The number of unbranched alkanes of at least 4 members (excludes halogenated alkanes) is 54. The van der Waals surface area contributed by atoms with Crippen molar-refractivity contribution in [3.63, 3.8) is 0 Å². The molecule has 0 saturated heterocycles. The van der Waals surface area contributed by atoms with Gasteiger partial charge in [0.05, 0.1) is 6.61 Å². The molecule has 0 aromatic heterocycles. The lowest BCUT2D eigenvalue weighted by Crippen LogP contribution is -2.05. The minimum Gasteiger partial charge on any atom is -0.466 e. The first-order valence-corrected chi connectivity index (χ1v) is 30.5. The van der Waals surface area contributed by atoms with Gasteiger partial charge in [-0.3, -0.25) is 4.79 Å². The van der Waals surface area contributed by atoms with Crippen LogP contribution in [0.25, 0.3) is 0 Å². The van der Waals surface area contributed by atoms with E-state index in [4.69, 9.17) is 4.74 Å². The van der Waals surface area contributed by atoms with Gasteiger partial charge in [0, 0.05) is 6.42 Å². The van der Waals surface area contributed by atoms with Crippen LogP contribution in [0.1, 0.15) is 380 Å². The molecule has 0 fully saturated rings. The van der Waals surface area contributed by atoms with Crippen LogP contribution in [-0.4, -0.2) is 12.6 Å². The zero-order valence-corrected chi connectivity index (χ0v) is 44.3. The number of hydrogen-bond donors (Lipinski definition) is 0. The monoisotopic (exact) mass is 887 g/mol. The molecular formula is C61H122O2. The zero-order chi connectivity index (χ0) is 45.3. The topological polar surface area (TPSA) is 26.3 Å². The normalized spacial score (nSPS) is 11.6. The second kappa shape index (κ2) is 59.5. The van der Waals surface area contributed by atoms with Crippen molar-refractivity contribution < 1.29 is 9.53 Å². The van der Waals surface area contributed by atoms with Crippen LogP contribution in [0.15, 0.2) is 0 Å². The maximum absolute atomic E-state index is 12.1. The molecule has 0 atom stereocenters. The molecule has 0 bridgehead atoms. The van der Waals surface area contributed by atoms with Gasteiger partial charge >= 0.3 is 5.97 Å². The van der Waals surface area contributed by atoms with Crippen molar-refractivity contribution in [1.82, 2.24) is 0 Å². The molecule has 0 aliphatic rings.